The van der Waals surface area contributed by atoms with Gasteiger partial charge in [0, 0.05) is 11.1 Å². The van der Waals surface area contributed by atoms with Gasteiger partial charge in [-0.1, -0.05) is 12.1 Å². The zero-order valence-corrected chi connectivity index (χ0v) is 13.9. The molecule has 7 heteroatoms. The van der Waals surface area contributed by atoms with Gasteiger partial charge in [0.25, 0.3) is 0 Å². The van der Waals surface area contributed by atoms with E-state index in [1.165, 1.54) is 18.4 Å². The largest absolute Gasteiger partial charge is 0.494 e. The topological polar surface area (TPSA) is 47.3 Å². The number of rotatable bonds is 4. The van der Waals surface area contributed by atoms with E-state index in [0.29, 0.717) is 5.56 Å². The molecule has 2 rings (SSSR count). The molecule has 0 amide bonds. The molecule has 0 saturated heterocycles. The zero-order chi connectivity index (χ0) is 14.0. The van der Waals surface area contributed by atoms with Gasteiger partial charge in [-0.15, -0.1) is 11.3 Å². The summed E-state index contributed by atoms with van der Waals surface area (Å²) in [6, 6.07) is 6.44. The summed E-state index contributed by atoms with van der Waals surface area (Å²) >= 11 is 8.36. The molecule has 0 bridgehead atoms. The normalized spacial score (nSPS) is 12.5. The van der Waals surface area contributed by atoms with Crippen molar-refractivity contribution in [3.63, 3.8) is 0 Å². The van der Waals surface area contributed by atoms with Crippen LogP contribution in [0.4, 0.5) is 4.39 Å². The first-order valence-corrected chi connectivity index (χ1v) is 7.72. The molecule has 1 heterocycles. The van der Waals surface area contributed by atoms with Gasteiger partial charge in [-0.3, -0.25) is 5.84 Å². The Bertz CT molecular complexity index is 591. The molecule has 1 unspecified atom stereocenters. The van der Waals surface area contributed by atoms with Crippen molar-refractivity contribution in [2.45, 2.75) is 6.04 Å². The molecule has 19 heavy (non-hydrogen) atoms. The Morgan fingerprint density at radius 3 is 2.63 bits per heavy atom. The number of hydrogen-bond donors (Lipinski definition) is 2. The van der Waals surface area contributed by atoms with Gasteiger partial charge in [0.05, 0.1) is 20.7 Å². The van der Waals surface area contributed by atoms with Crippen LogP contribution in [0.1, 0.15) is 17.2 Å². The number of benzene rings is 1. The van der Waals surface area contributed by atoms with Crippen LogP contribution in [-0.2, 0) is 0 Å². The Labute approximate surface area is 131 Å². The molecule has 0 aliphatic rings. The van der Waals surface area contributed by atoms with E-state index < -0.39 is 11.9 Å². The summed E-state index contributed by atoms with van der Waals surface area (Å²) in [4.78, 5) is 0. The summed E-state index contributed by atoms with van der Waals surface area (Å²) in [6.45, 7) is 0. The maximum absolute atomic E-state index is 14.3. The van der Waals surface area contributed by atoms with E-state index >= 15 is 0 Å². The minimum atomic E-state index is -0.452. The molecule has 1 aromatic carbocycles. The summed E-state index contributed by atoms with van der Waals surface area (Å²) < 4.78 is 21.1. The molecule has 0 aliphatic heterocycles. The highest BCUT2D eigenvalue weighted by Gasteiger charge is 2.22. The van der Waals surface area contributed by atoms with Crippen molar-refractivity contribution in [2.24, 2.45) is 5.84 Å². The van der Waals surface area contributed by atoms with Crippen molar-refractivity contribution in [1.82, 2.24) is 5.43 Å². The van der Waals surface area contributed by atoms with Crippen LogP contribution in [0.25, 0.3) is 0 Å². The highest BCUT2D eigenvalue weighted by Crippen LogP contribution is 2.39. The number of nitrogens with one attached hydrogen (secondary N) is 1. The fraction of sp³-hybridized carbons (Fsp3) is 0.167. The molecule has 0 fully saturated rings. The average Bonchev–Trinajstić information content (AvgIpc) is 2.72. The lowest BCUT2D eigenvalue weighted by molar-refractivity contribution is 0.381. The van der Waals surface area contributed by atoms with Crippen LogP contribution in [-0.4, -0.2) is 7.11 Å². The molecular formula is C12H11Br2FN2OS. The Morgan fingerprint density at radius 2 is 2.11 bits per heavy atom. The van der Waals surface area contributed by atoms with Crippen LogP contribution >= 0.6 is 43.2 Å². The van der Waals surface area contributed by atoms with E-state index in [1.54, 1.807) is 18.2 Å². The average molecular weight is 410 g/mol. The highest BCUT2D eigenvalue weighted by atomic mass is 79.9. The van der Waals surface area contributed by atoms with Crippen LogP contribution in [0, 0.1) is 5.82 Å². The number of ether oxygens (including phenoxy) is 1. The van der Waals surface area contributed by atoms with Gasteiger partial charge in [-0.05, 0) is 44.0 Å². The Kier molecular flexibility index (Phi) is 4.97. The van der Waals surface area contributed by atoms with Crippen molar-refractivity contribution in [3.05, 3.63) is 48.8 Å². The lowest BCUT2D eigenvalue weighted by Crippen LogP contribution is -2.29. The maximum Gasteiger partial charge on any atom is 0.170 e. The van der Waals surface area contributed by atoms with Crippen molar-refractivity contribution < 1.29 is 9.13 Å². The lowest BCUT2D eigenvalue weighted by Gasteiger charge is -2.17. The molecule has 0 radical (unpaired) electrons. The van der Waals surface area contributed by atoms with Crippen LogP contribution in [0.5, 0.6) is 5.75 Å². The third-order valence-electron chi connectivity index (χ3n) is 2.68. The van der Waals surface area contributed by atoms with Crippen LogP contribution < -0.4 is 16.0 Å². The summed E-state index contributed by atoms with van der Waals surface area (Å²) in [5, 5.41) is 0. The third kappa shape index (κ3) is 3.00. The molecule has 102 valence electrons. The molecule has 3 N–H and O–H groups in total. The number of nitrogens with two attached hydrogens (primary N) is 1. The quantitative estimate of drug-likeness (QED) is 0.593. The van der Waals surface area contributed by atoms with E-state index in [4.69, 9.17) is 10.6 Å². The van der Waals surface area contributed by atoms with E-state index in [1.807, 2.05) is 6.07 Å². The van der Waals surface area contributed by atoms with Gasteiger partial charge >= 0.3 is 0 Å². The minimum absolute atomic E-state index is 0.197. The standard InChI is InChI=1S/C12H11Br2FN2OS/c1-18-8-4-2-3-6(10(8)15)11(17-16)7-5-9(13)19-12(7)14/h2-5,11,17H,16H2,1H3. The SMILES string of the molecule is COc1cccc(C(NN)c2cc(Br)sc2Br)c1F. The second-order valence-electron chi connectivity index (χ2n) is 3.74. The Balaban J connectivity index is 2.51. The molecule has 1 atom stereocenters. The van der Waals surface area contributed by atoms with Crippen molar-refractivity contribution in [3.8, 4) is 5.75 Å². The molecule has 0 saturated carbocycles. The number of hydrogen-bond acceptors (Lipinski definition) is 4. The zero-order valence-electron chi connectivity index (χ0n) is 9.91. The first-order valence-electron chi connectivity index (χ1n) is 5.31. The van der Waals surface area contributed by atoms with Gasteiger partial charge in [0.2, 0.25) is 0 Å². The van der Waals surface area contributed by atoms with E-state index in [9.17, 15) is 4.39 Å². The number of hydrazine groups is 1. The maximum atomic E-state index is 14.3. The number of methoxy groups -OCH3 is 1. The lowest BCUT2D eigenvalue weighted by atomic mass is 10.0. The second kappa shape index (κ2) is 6.32. The van der Waals surface area contributed by atoms with E-state index in [2.05, 4.69) is 37.3 Å². The fourth-order valence-electron chi connectivity index (χ4n) is 1.81. The molecule has 0 aliphatic carbocycles. The van der Waals surface area contributed by atoms with Crippen molar-refractivity contribution in [2.75, 3.05) is 7.11 Å². The Hall–Kier alpha value is -0.470. The van der Waals surface area contributed by atoms with Crippen molar-refractivity contribution >= 4 is 43.2 Å². The van der Waals surface area contributed by atoms with Gasteiger partial charge in [-0.25, -0.2) is 9.82 Å². The van der Waals surface area contributed by atoms with Gasteiger partial charge in [0.1, 0.15) is 0 Å². The Morgan fingerprint density at radius 1 is 1.37 bits per heavy atom. The smallest absolute Gasteiger partial charge is 0.170 e. The molecule has 1 aromatic heterocycles. The summed E-state index contributed by atoms with van der Waals surface area (Å²) in [6.07, 6.45) is 0. The van der Waals surface area contributed by atoms with E-state index in [0.717, 1.165) is 13.1 Å². The minimum Gasteiger partial charge on any atom is -0.494 e. The molecule has 3 nitrogen and oxygen atoms in total. The number of halogens is 3. The predicted octanol–water partition coefficient (Wildman–Crippen LogP) is 3.97. The van der Waals surface area contributed by atoms with Gasteiger partial charge in [-0.2, -0.15) is 0 Å². The molecule has 0 spiro atoms. The van der Waals surface area contributed by atoms with Crippen molar-refractivity contribution in [1.29, 1.82) is 0 Å². The summed E-state index contributed by atoms with van der Waals surface area (Å²) in [5.41, 5.74) is 3.95. The first-order chi connectivity index (χ1) is 9.08. The number of thiophene rings is 1. The van der Waals surface area contributed by atoms with Crippen LogP contribution in [0.15, 0.2) is 31.8 Å². The first kappa shape index (κ1) is 14.9. The van der Waals surface area contributed by atoms with Gasteiger partial charge in [0.15, 0.2) is 11.6 Å². The van der Waals surface area contributed by atoms with E-state index in [-0.39, 0.29) is 5.75 Å². The highest BCUT2D eigenvalue weighted by molar-refractivity contribution is 9.12. The fourth-order valence-corrected chi connectivity index (χ4v) is 4.71. The third-order valence-corrected chi connectivity index (χ3v) is 5.07. The summed E-state index contributed by atoms with van der Waals surface area (Å²) in [7, 11) is 1.43. The van der Waals surface area contributed by atoms with Gasteiger partial charge < -0.3 is 4.74 Å². The van der Waals surface area contributed by atoms with Crippen LogP contribution in [0.2, 0.25) is 0 Å². The predicted molar refractivity (Wildman–Crippen MR) is 81.8 cm³/mol. The second-order valence-corrected chi connectivity index (χ2v) is 7.49. The summed E-state index contributed by atoms with van der Waals surface area (Å²) in [5.74, 6) is 5.37. The monoisotopic (exact) mass is 408 g/mol. The molecule has 2 aromatic rings. The molecular weight excluding hydrogens is 399 g/mol. The van der Waals surface area contributed by atoms with Crippen LogP contribution in [0.3, 0.4) is 0 Å².